The van der Waals surface area contributed by atoms with Crippen molar-refractivity contribution in [2.45, 2.75) is 19.3 Å². The number of hydrogen-bond acceptors (Lipinski definition) is 2. The van der Waals surface area contributed by atoms with Gasteiger partial charge < -0.3 is 4.74 Å². The monoisotopic (exact) mass is 154 g/mol. The van der Waals surface area contributed by atoms with Crippen LogP contribution in [0.25, 0.3) is 0 Å². The van der Waals surface area contributed by atoms with E-state index in [1.54, 1.807) is 6.08 Å². The highest BCUT2D eigenvalue weighted by Gasteiger charge is 2.23. The topological polar surface area (TPSA) is 26.3 Å². The van der Waals surface area contributed by atoms with Crippen LogP contribution >= 0.6 is 0 Å². The van der Waals surface area contributed by atoms with E-state index in [-0.39, 0.29) is 5.92 Å². The van der Waals surface area contributed by atoms with E-state index < -0.39 is 0 Å². The van der Waals surface area contributed by atoms with Gasteiger partial charge in [-0.25, -0.2) is 0 Å². The number of carbonyl (C=O) groups excluding carboxylic acids is 1. The predicted molar refractivity (Wildman–Crippen MR) is 43.4 cm³/mol. The van der Waals surface area contributed by atoms with Crippen molar-refractivity contribution in [2.75, 3.05) is 13.2 Å². The van der Waals surface area contributed by atoms with Crippen LogP contribution in [0.5, 0.6) is 0 Å². The van der Waals surface area contributed by atoms with Gasteiger partial charge in [0.1, 0.15) is 5.78 Å². The molecule has 1 saturated carbocycles. The second-order valence-electron chi connectivity index (χ2n) is 2.88. The van der Waals surface area contributed by atoms with Crippen molar-refractivity contribution < 1.29 is 9.53 Å². The smallest absolute Gasteiger partial charge is 0.138 e. The molecule has 0 heterocycles. The number of hydrogen-bond donors (Lipinski definition) is 0. The Bertz CT molecular complexity index is 152. The summed E-state index contributed by atoms with van der Waals surface area (Å²) in [5.74, 6) is 0.545. The van der Waals surface area contributed by atoms with E-state index in [1.807, 2.05) is 0 Å². The van der Waals surface area contributed by atoms with Crippen LogP contribution in [0.3, 0.4) is 0 Å². The molecule has 1 atom stereocenters. The maximum Gasteiger partial charge on any atom is 0.138 e. The van der Waals surface area contributed by atoms with E-state index in [1.165, 1.54) is 0 Å². The first-order valence-corrected chi connectivity index (χ1v) is 4.06. The lowest BCUT2D eigenvalue weighted by molar-refractivity contribution is -0.122. The zero-order valence-electron chi connectivity index (χ0n) is 6.71. The van der Waals surface area contributed by atoms with Crippen LogP contribution < -0.4 is 0 Å². The molecule has 62 valence electrons. The van der Waals surface area contributed by atoms with Crippen LogP contribution in [0.4, 0.5) is 0 Å². The Kier molecular flexibility index (Phi) is 3.30. The van der Waals surface area contributed by atoms with Crippen molar-refractivity contribution >= 4 is 5.78 Å². The summed E-state index contributed by atoms with van der Waals surface area (Å²) in [5.41, 5.74) is 0. The zero-order chi connectivity index (χ0) is 8.10. The lowest BCUT2D eigenvalue weighted by Gasteiger charge is -2.06. The number of ketones is 1. The predicted octanol–water partition coefficient (Wildman–Crippen LogP) is 1.56. The zero-order valence-corrected chi connectivity index (χ0v) is 6.71. The SMILES string of the molecule is C=CCOCC1CCCC1=O. The van der Waals surface area contributed by atoms with Gasteiger partial charge in [-0.3, -0.25) is 4.79 Å². The van der Waals surface area contributed by atoms with Gasteiger partial charge in [0.15, 0.2) is 0 Å². The Labute approximate surface area is 67.2 Å². The molecule has 0 bridgehead atoms. The molecule has 2 heteroatoms. The first-order valence-electron chi connectivity index (χ1n) is 4.06. The van der Waals surface area contributed by atoms with Gasteiger partial charge in [-0.15, -0.1) is 6.58 Å². The normalized spacial score (nSPS) is 24.0. The minimum Gasteiger partial charge on any atom is -0.377 e. The lowest BCUT2D eigenvalue weighted by atomic mass is 10.1. The Hall–Kier alpha value is -0.630. The van der Waals surface area contributed by atoms with Gasteiger partial charge in [-0.05, 0) is 12.8 Å². The molecule has 11 heavy (non-hydrogen) atoms. The van der Waals surface area contributed by atoms with Gasteiger partial charge in [0, 0.05) is 12.3 Å². The second-order valence-corrected chi connectivity index (χ2v) is 2.88. The Morgan fingerprint density at radius 3 is 3.09 bits per heavy atom. The molecule has 0 saturated heterocycles. The van der Waals surface area contributed by atoms with E-state index in [2.05, 4.69) is 6.58 Å². The van der Waals surface area contributed by atoms with Gasteiger partial charge in [-0.1, -0.05) is 6.08 Å². The van der Waals surface area contributed by atoms with Crippen LogP contribution in [0, 0.1) is 5.92 Å². The van der Waals surface area contributed by atoms with Gasteiger partial charge in [0.05, 0.1) is 13.2 Å². The average molecular weight is 154 g/mol. The molecule has 0 aromatic heterocycles. The Balaban J connectivity index is 2.15. The fourth-order valence-corrected chi connectivity index (χ4v) is 1.36. The highest BCUT2D eigenvalue weighted by molar-refractivity contribution is 5.82. The van der Waals surface area contributed by atoms with Crippen LogP contribution in [0.2, 0.25) is 0 Å². The molecule has 0 amide bonds. The summed E-state index contributed by atoms with van der Waals surface area (Å²) in [4.78, 5) is 11.1. The van der Waals surface area contributed by atoms with Crippen molar-refractivity contribution in [3.8, 4) is 0 Å². The van der Waals surface area contributed by atoms with Crippen molar-refractivity contribution in [2.24, 2.45) is 5.92 Å². The molecule has 2 nitrogen and oxygen atoms in total. The maximum absolute atomic E-state index is 11.1. The van der Waals surface area contributed by atoms with E-state index in [9.17, 15) is 4.79 Å². The highest BCUT2D eigenvalue weighted by Crippen LogP contribution is 2.21. The molecular weight excluding hydrogens is 140 g/mol. The molecule has 1 aliphatic rings. The van der Waals surface area contributed by atoms with Gasteiger partial charge in [0.25, 0.3) is 0 Å². The Morgan fingerprint density at radius 2 is 2.55 bits per heavy atom. The number of carbonyl (C=O) groups is 1. The van der Waals surface area contributed by atoms with Crippen LogP contribution in [-0.4, -0.2) is 19.0 Å². The van der Waals surface area contributed by atoms with Crippen LogP contribution in [-0.2, 0) is 9.53 Å². The number of rotatable bonds is 4. The standard InChI is InChI=1S/C9H14O2/c1-2-6-11-7-8-4-3-5-9(8)10/h2,8H,1,3-7H2. The summed E-state index contributed by atoms with van der Waals surface area (Å²) in [6.45, 7) is 4.68. The van der Waals surface area contributed by atoms with E-state index in [4.69, 9.17) is 4.74 Å². The first kappa shape index (κ1) is 8.47. The van der Waals surface area contributed by atoms with Crippen molar-refractivity contribution in [1.82, 2.24) is 0 Å². The quantitative estimate of drug-likeness (QED) is 0.453. The third-order valence-electron chi connectivity index (χ3n) is 1.99. The third-order valence-corrected chi connectivity index (χ3v) is 1.99. The minimum absolute atomic E-state index is 0.176. The summed E-state index contributed by atoms with van der Waals surface area (Å²) in [6.07, 6.45) is 4.51. The molecule has 0 radical (unpaired) electrons. The summed E-state index contributed by atoms with van der Waals surface area (Å²) in [5, 5.41) is 0. The number of ether oxygens (including phenoxy) is 1. The van der Waals surface area contributed by atoms with Gasteiger partial charge >= 0.3 is 0 Å². The second kappa shape index (κ2) is 4.29. The van der Waals surface area contributed by atoms with Gasteiger partial charge in [-0.2, -0.15) is 0 Å². The molecular formula is C9H14O2. The van der Waals surface area contributed by atoms with Crippen molar-refractivity contribution in [3.63, 3.8) is 0 Å². The van der Waals surface area contributed by atoms with Crippen LogP contribution in [0.1, 0.15) is 19.3 Å². The molecule has 0 aromatic rings. The lowest BCUT2D eigenvalue weighted by Crippen LogP contribution is -2.13. The summed E-state index contributed by atoms with van der Waals surface area (Å²) in [7, 11) is 0. The summed E-state index contributed by atoms with van der Waals surface area (Å²) >= 11 is 0. The fourth-order valence-electron chi connectivity index (χ4n) is 1.36. The molecule has 1 aliphatic carbocycles. The summed E-state index contributed by atoms with van der Waals surface area (Å²) in [6, 6.07) is 0. The van der Waals surface area contributed by atoms with E-state index >= 15 is 0 Å². The molecule has 0 spiro atoms. The molecule has 0 aliphatic heterocycles. The van der Waals surface area contributed by atoms with Crippen molar-refractivity contribution in [3.05, 3.63) is 12.7 Å². The van der Waals surface area contributed by atoms with E-state index in [0.29, 0.717) is 19.0 Å². The maximum atomic E-state index is 11.1. The van der Waals surface area contributed by atoms with Crippen LogP contribution in [0.15, 0.2) is 12.7 Å². The van der Waals surface area contributed by atoms with E-state index in [0.717, 1.165) is 19.3 Å². The number of Topliss-reactive ketones (excluding diaryl/α,β-unsaturated/α-hetero) is 1. The summed E-state index contributed by atoms with van der Waals surface area (Å²) < 4.78 is 5.20. The van der Waals surface area contributed by atoms with Gasteiger partial charge in [0.2, 0.25) is 0 Å². The Morgan fingerprint density at radius 1 is 1.73 bits per heavy atom. The largest absolute Gasteiger partial charge is 0.377 e. The molecule has 1 rings (SSSR count). The molecule has 0 N–H and O–H groups in total. The first-order chi connectivity index (χ1) is 5.34. The highest BCUT2D eigenvalue weighted by atomic mass is 16.5. The molecule has 1 fully saturated rings. The average Bonchev–Trinajstić information content (AvgIpc) is 2.37. The third kappa shape index (κ3) is 2.46. The van der Waals surface area contributed by atoms with Crippen molar-refractivity contribution in [1.29, 1.82) is 0 Å². The minimum atomic E-state index is 0.176. The fraction of sp³-hybridized carbons (Fsp3) is 0.667. The molecule has 1 unspecified atom stereocenters. The molecule has 0 aromatic carbocycles.